The van der Waals surface area contributed by atoms with E-state index in [2.05, 4.69) is 4.98 Å². The van der Waals surface area contributed by atoms with E-state index in [9.17, 15) is 9.90 Å². The first kappa shape index (κ1) is 12.5. The molecule has 1 unspecified atom stereocenters. The Morgan fingerprint density at radius 1 is 1.25 bits per heavy atom. The molecular weight excluding hydrogens is 252 g/mol. The summed E-state index contributed by atoms with van der Waals surface area (Å²) >= 11 is 0. The van der Waals surface area contributed by atoms with Crippen molar-refractivity contribution in [2.45, 2.75) is 44.1 Å². The van der Waals surface area contributed by atoms with Gasteiger partial charge in [0.2, 0.25) is 0 Å². The number of aliphatic carboxylic acids is 1. The number of hydrogen-bond donors (Lipinski definition) is 3. The first-order valence-corrected chi connectivity index (χ1v) is 7.69. The molecule has 20 heavy (non-hydrogen) atoms. The number of aromatic amines is 1. The Labute approximate surface area is 118 Å². The molecule has 1 aromatic heterocycles. The number of nitrogens with two attached hydrogens (primary N) is 1. The van der Waals surface area contributed by atoms with Gasteiger partial charge in [0.1, 0.15) is 5.54 Å². The number of carbonyl (C=O) groups is 1. The topological polar surface area (TPSA) is 79.1 Å². The minimum Gasteiger partial charge on any atom is -0.480 e. The highest BCUT2D eigenvalue weighted by molar-refractivity contribution is 5.82. The minimum absolute atomic E-state index is 0.240. The van der Waals surface area contributed by atoms with Crippen molar-refractivity contribution in [3.63, 3.8) is 0 Å². The van der Waals surface area contributed by atoms with Crippen molar-refractivity contribution in [1.29, 1.82) is 0 Å². The van der Waals surface area contributed by atoms with Crippen molar-refractivity contribution in [2.75, 3.05) is 0 Å². The van der Waals surface area contributed by atoms with Crippen LogP contribution in [0.4, 0.5) is 0 Å². The van der Waals surface area contributed by atoms with E-state index < -0.39 is 11.5 Å². The molecule has 4 heteroatoms. The zero-order valence-electron chi connectivity index (χ0n) is 11.6. The Balaban J connectivity index is 1.83. The molecule has 4 aliphatic rings. The molecule has 108 valence electrons. The van der Waals surface area contributed by atoms with E-state index in [4.69, 9.17) is 5.73 Å². The first-order chi connectivity index (χ1) is 9.53. The van der Waals surface area contributed by atoms with Crippen LogP contribution in [0, 0.1) is 23.2 Å². The van der Waals surface area contributed by atoms with Crippen LogP contribution in [0.5, 0.6) is 0 Å². The predicted octanol–water partition coefficient (Wildman–Crippen LogP) is 2.47. The van der Waals surface area contributed by atoms with Crippen molar-refractivity contribution in [1.82, 2.24) is 4.98 Å². The molecule has 4 nitrogen and oxygen atoms in total. The molecule has 1 heterocycles. The fraction of sp³-hybridized carbons (Fsp3) is 0.688. The fourth-order valence-electron chi connectivity index (χ4n) is 5.82. The van der Waals surface area contributed by atoms with Crippen LogP contribution in [0.2, 0.25) is 0 Å². The van der Waals surface area contributed by atoms with Crippen LogP contribution in [-0.4, -0.2) is 16.1 Å². The van der Waals surface area contributed by atoms with Crippen LogP contribution in [0.3, 0.4) is 0 Å². The van der Waals surface area contributed by atoms with E-state index in [0.717, 1.165) is 24.8 Å². The van der Waals surface area contributed by atoms with Crippen LogP contribution in [0.1, 0.15) is 44.1 Å². The Hall–Kier alpha value is -1.29. The van der Waals surface area contributed by atoms with Crippen molar-refractivity contribution >= 4 is 5.97 Å². The van der Waals surface area contributed by atoms with Crippen LogP contribution in [-0.2, 0) is 10.3 Å². The van der Waals surface area contributed by atoms with E-state index in [1.54, 1.807) is 12.4 Å². The molecule has 0 aliphatic heterocycles. The number of aromatic nitrogens is 1. The van der Waals surface area contributed by atoms with Crippen molar-refractivity contribution < 1.29 is 9.90 Å². The number of rotatable bonds is 3. The van der Waals surface area contributed by atoms with E-state index in [-0.39, 0.29) is 5.41 Å². The molecule has 4 aliphatic carbocycles. The van der Waals surface area contributed by atoms with Gasteiger partial charge in [0, 0.05) is 23.4 Å². The van der Waals surface area contributed by atoms with Gasteiger partial charge in [0.25, 0.3) is 0 Å². The summed E-state index contributed by atoms with van der Waals surface area (Å²) in [5, 5.41) is 9.93. The zero-order valence-corrected chi connectivity index (χ0v) is 11.6. The normalized spacial score (nSPS) is 41.5. The summed E-state index contributed by atoms with van der Waals surface area (Å²) in [7, 11) is 0. The smallest absolute Gasteiger partial charge is 0.328 e. The molecular formula is C16H22N2O2. The molecule has 0 amide bonds. The summed E-state index contributed by atoms with van der Waals surface area (Å²) < 4.78 is 0. The number of hydrogen-bond acceptors (Lipinski definition) is 2. The summed E-state index contributed by atoms with van der Waals surface area (Å²) in [5.74, 6) is 1.23. The van der Waals surface area contributed by atoms with Crippen molar-refractivity contribution in [3.8, 4) is 0 Å². The molecule has 0 spiro atoms. The number of H-pyrrole nitrogens is 1. The maximum Gasteiger partial charge on any atom is 0.328 e. The average molecular weight is 274 g/mol. The second kappa shape index (κ2) is 3.88. The van der Waals surface area contributed by atoms with Crippen LogP contribution in [0.25, 0.3) is 0 Å². The maximum atomic E-state index is 12.1. The first-order valence-electron chi connectivity index (χ1n) is 7.69. The molecule has 4 bridgehead atoms. The van der Waals surface area contributed by atoms with Crippen LogP contribution < -0.4 is 5.73 Å². The summed E-state index contributed by atoms with van der Waals surface area (Å²) in [6, 6.07) is 1.84. The minimum atomic E-state index is -1.23. The monoisotopic (exact) mass is 274 g/mol. The highest BCUT2D eigenvalue weighted by atomic mass is 16.4. The van der Waals surface area contributed by atoms with Gasteiger partial charge < -0.3 is 15.8 Å². The highest BCUT2D eigenvalue weighted by Crippen LogP contribution is 2.65. The largest absolute Gasteiger partial charge is 0.480 e. The third-order valence-corrected chi connectivity index (χ3v) is 6.27. The zero-order chi connectivity index (χ0) is 14.0. The van der Waals surface area contributed by atoms with Gasteiger partial charge in [-0.1, -0.05) is 0 Å². The van der Waals surface area contributed by atoms with Crippen LogP contribution in [0.15, 0.2) is 18.5 Å². The quantitative estimate of drug-likeness (QED) is 0.792. The van der Waals surface area contributed by atoms with Crippen molar-refractivity contribution in [2.24, 2.45) is 28.9 Å². The number of carboxylic acid groups (broad SMARTS) is 1. The molecule has 4 N–H and O–H groups in total. The molecule has 4 fully saturated rings. The Morgan fingerprint density at radius 2 is 1.80 bits per heavy atom. The molecule has 5 rings (SSSR count). The lowest BCUT2D eigenvalue weighted by Gasteiger charge is -2.61. The number of carboxylic acids is 1. The summed E-state index contributed by atoms with van der Waals surface area (Å²) in [6.45, 7) is 0. The van der Waals surface area contributed by atoms with Gasteiger partial charge in [-0.15, -0.1) is 0 Å². The molecule has 0 saturated heterocycles. The maximum absolute atomic E-state index is 12.1. The van der Waals surface area contributed by atoms with Crippen LogP contribution >= 0.6 is 0 Å². The summed E-state index contributed by atoms with van der Waals surface area (Å²) in [6.07, 6.45) is 10.4. The van der Waals surface area contributed by atoms with Gasteiger partial charge in [-0.25, -0.2) is 4.79 Å². The third-order valence-electron chi connectivity index (χ3n) is 6.27. The predicted molar refractivity (Wildman–Crippen MR) is 74.9 cm³/mol. The van der Waals surface area contributed by atoms with E-state index in [1.807, 2.05) is 6.07 Å². The van der Waals surface area contributed by atoms with Gasteiger partial charge >= 0.3 is 5.97 Å². The van der Waals surface area contributed by atoms with E-state index in [1.165, 1.54) is 19.3 Å². The highest BCUT2D eigenvalue weighted by Gasteiger charge is 2.63. The molecule has 0 aromatic carbocycles. The average Bonchev–Trinajstić information content (AvgIpc) is 2.89. The van der Waals surface area contributed by atoms with Gasteiger partial charge in [-0.2, -0.15) is 0 Å². The second-order valence-electron chi connectivity index (χ2n) is 7.41. The summed E-state index contributed by atoms with van der Waals surface area (Å²) in [4.78, 5) is 15.1. The van der Waals surface area contributed by atoms with Gasteiger partial charge in [-0.3, -0.25) is 0 Å². The summed E-state index contributed by atoms with van der Waals surface area (Å²) in [5.41, 5.74) is 5.86. The van der Waals surface area contributed by atoms with Gasteiger partial charge in [-0.05, 0) is 62.3 Å². The molecule has 4 saturated carbocycles. The SMILES string of the molecule is NC(C(=O)O)(c1cc[nH]c1)C12CC3CC(CC(C3)C1)C2. The lowest BCUT2D eigenvalue weighted by atomic mass is 9.44. The Bertz CT molecular complexity index is 501. The van der Waals surface area contributed by atoms with Gasteiger partial charge in [0.15, 0.2) is 0 Å². The Morgan fingerprint density at radius 3 is 2.20 bits per heavy atom. The Kier molecular flexibility index (Phi) is 2.41. The van der Waals surface area contributed by atoms with Crippen molar-refractivity contribution in [3.05, 3.63) is 24.0 Å². The molecule has 0 radical (unpaired) electrons. The molecule has 1 aromatic rings. The fourth-order valence-corrected chi connectivity index (χ4v) is 5.82. The molecule has 1 atom stereocenters. The number of nitrogens with one attached hydrogen (secondary N) is 1. The second-order valence-corrected chi connectivity index (χ2v) is 7.41. The standard InChI is InChI=1S/C16H22N2O2/c17-16(14(19)20,13-1-2-18-9-13)15-6-10-3-11(7-15)5-12(4-10)8-15/h1-2,9-12,18H,3-8,17H2,(H,19,20). The van der Waals surface area contributed by atoms with E-state index in [0.29, 0.717) is 17.8 Å². The third kappa shape index (κ3) is 1.43. The lowest BCUT2D eigenvalue weighted by Crippen LogP contribution is -2.64. The van der Waals surface area contributed by atoms with E-state index >= 15 is 0 Å². The lowest BCUT2D eigenvalue weighted by molar-refractivity contribution is -0.163. The van der Waals surface area contributed by atoms with Gasteiger partial charge in [0.05, 0.1) is 0 Å².